The minimum atomic E-state index is -2.83. The van der Waals surface area contributed by atoms with E-state index in [9.17, 15) is 13.6 Å². The lowest BCUT2D eigenvalue weighted by Crippen LogP contribution is -2.47. The van der Waals surface area contributed by atoms with Crippen LogP contribution in [-0.4, -0.2) is 46.0 Å². The predicted octanol–water partition coefficient (Wildman–Crippen LogP) is 1.37. The van der Waals surface area contributed by atoms with Crippen molar-refractivity contribution in [3.05, 3.63) is 5.82 Å². The number of hydrogen-bond donors (Lipinski definition) is 2. The Kier molecular flexibility index (Phi) is 4.51. The number of carbonyl (C=O) groups excluding carboxylic acids is 1. The molecule has 1 aromatic rings. The van der Waals surface area contributed by atoms with Crippen molar-refractivity contribution in [2.45, 2.75) is 57.4 Å². The van der Waals surface area contributed by atoms with Crippen LogP contribution < -0.4 is 10.6 Å². The summed E-state index contributed by atoms with van der Waals surface area (Å²) in [5.41, 5.74) is 0. The molecule has 7 nitrogen and oxygen atoms in total. The molecule has 0 bridgehead atoms. The Bertz CT molecular complexity index is 513. The van der Waals surface area contributed by atoms with Crippen LogP contribution in [0, 0.1) is 0 Å². The van der Waals surface area contributed by atoms with Crippen LogP contribution in [0.1, 0.15) is 42.7 Å². The molecule has 2 heterocycles. The average molecular weight is 315 g/mol. The third-order valence-corrected chi connectivity index (χ3v) is 4.00. The zero-order valence-electron chi connectivity index (χ0n) is 12.1. The second kappa shape index (κ2) is 6.55. The summed E-state index contributed by atoms with van der Waals surface area (Å²) >= 11 is 0. The van der Waals surface area contributed by atoms with Crippen LogP contribution in [0.5, 0.6) is 0 Å². The number of nitrogens with one attached hydrogen (secondary N) is 2. The number of ether oxygens (including phenoxy) is 1. The number of aromatic nitrogens is 3. The Morgan fingerprint density at radius 3 is 2.95 bits per heavy atom. The van der Waals surface area contributed by atoms with Crippen LogP contribution in [0.4, 0.5) is 14.7 Å². The van der Waals surface area contributed by atoms with Crippen molar-refractivity contribution in [1.29, 1.82) is 0 Å². The van der Waals surface area contributed by atoms with Gasteiger partial charge in [-0.05, 0) is 19.3 Å². The molecule has 1 saturated carbocycles. The molecule has 2 aliphatic rings. The first-order valence-corrected chi connectivity index (χ1v) is 7.56. The maximum Gasteiger partial charge on any atom is 0.345 e. The third kappa shape index (κ3) is 3.34. The Morgan fingerprint density at radius 1 is 1.36 bits per heavy atom. The zero-order chi connectivity index (χ0) is 15.5. The number of aryl methyl sites for hydroxylation is 1. The molecule has 0 aromatic carbocycles. The van der Waals surface area contributed by atoms with Crippen LogP contribution in [-0.2, 0) is 11.3 Å². The van der Waals surface area contributed by atoms with Crippen LogP contribution >= 0.6 is 0 Å². The van der Waals surface area contributed by atoms with E-state index in [0.717, 1.165) is 25.8 Å². The molecule has 1 aromatic heterocycles. The number of amides is 1. The fourth-order valence-electron chi connectivity index (χ4n) is 2.94. The molecule has 2 atom stereocenters. The van der Waals surface area contributed by atoms with Crippen molar-refractivity contribution in [2.75, 3.05) is 11.9 Å². The first-order chi connectivity index (χ1) is 10.6. The molecule has 1 fully saturated rings. The Labute approximate surface area is 126 Å². The third-order valence-electron chi connectivity index (χ3n) is 4.00. The van der Waals surface area contributed by atoms with Gasteiger partial charge in [-0.25, -0.2) is 4.68 Å². The number of hydrogen-bond acceptors (Lipinski definition) is 5. The first-order valence-electron chi connectivity index (χ1n) is 7.56. The molecule has 0 unspecified atom stereocenters. The quantitative estimate of drug-likeness (QED) is 0.877. The van der Waals surface area contributed by atoms with Crippen LogP contribution in [0.2, 0.25) is 0 Å². The van der Waals surface area contributed by atoms with Crippen LogP contribution in [0.25, 0.3) is 0 Å². The van der Waals surface area contributed by atoms with Crippen molar-refractivity contribution < 1.29 is 18.3 Å². The molecule has 0 saturated heterocycles. The predicted molar refractivity (Wildman–Crippen MR) is 73.7 cm³/mol. The number of alkyl halides is 2. The van der Waals surface area contributed by atoms with E-state index < -0.39 is 24.7 Å². The van der Waals surface area contributed by atoms with Crippen molar-refractivity contribution in [2.24, 2.45) is 0 Å². The summed E-state index contributed by atoms with van der Waals surface area (Å²) in [5, 5.41) is 9.94. The fourth-order valence-corrected chi connectivity index (χ4v) is 2.94. The maximum atomic E-state index is 12.4. The number of rotatable bonds is 4. The second-order valence-electron chi connectivity index (χ2n) is 5.56. The molecule has 122 valence electrons. The highest BCUT2D eigenvalue weighted by Crippen LogP contribution is 2.23. The SMILES string of the molecule is O=C(N[C@@H]1CCCC[C@H]1OC(F)F)c1nc2n(n1)CCCN2. The smallest absolute Gasteiger partial charge is 0.345 e. The lowest BCUT2D eigenvalue weighted by atomic mass is 9.92. The minimum Gasteiger partial charge on any atom is -0.354 e. The van der Waals surface area contributed by atoms with E-state index in [1.807, 2.05) is 0 Å². The number of nitrogens with zero attached hydrogens (tertiary/aromatic N) is 3. The Hall–Kier alpha value is -1.77. The maximum absolute atomic E-state index is 12.4. The molecular weight excluding hydrogens is 296 g/mol. The highest BCUT2D eigenvalue weighted by Gasteiger charge is 2.31. The molecule has 9 heteroatoms. The van der Waals surface area contributed by atoms with Crippen molar-refractivity contribution in [1.82, 2.24) is 20.1 Å². The van der Waals surface area contributed by atoms with E-state index in [1.165, 1.54) is 0 Å². The van der Waals surface area contributed by atoms with E-state index in [-0.39, 0.29) is 5.82 Å². The largest absolute Gasteiger partial charge is 0.354 e. The molecule has 22 heavy (non-hydrogen) atoms. The molecular formula is C13H19F2N5O2. The average Bonchev–Trinajstić information content (AvgIpc) is 2.93. The molecule has 0 radical (unpaired) electrons. The molecule has 2 N–H and O–H groups in total. The van der Waals surface area contributed by atoms with Gasteiger partial charge in [-0.1, -0.05) is 12.8 Å². The van der Waals surface area contributed by atoms with Crippen LogP contribution in [0.15, 0.2) is 0 Å². The van der Waals surface area contributed by atoms with Gasteiger partial charge in [0.1, 0.15) is 0 Å². The highest BCUT2D eigenvalue weighted by molar-refractivity contribution is 5.91. The summed E-state index contributed by atoms with van der Waals surface area (Å²) in [5.74, 6) is 0.185. The summed E-state index contributed by atoms with van der Waals surface area (Å²) in [6.45, 7) is -1.32. The Morgan fingerprint density at radius 2 is 2.18 bits per heavy atom. The normalized spacial score (nSPS) is 24.7. The van der Waals surface area contributed by atoms with Gasteiger partial charge in [-0.2, -0.15) is 13.8 Å². The van der Waals surface area contributed by atoms with Crippen LogP contribution in [0.3, 0.4) is 0 Å². The van der Waals surface area contributed by atoms with Gasteiger partial charge in [0.15, 0.2) is 0 Å². The summed E-state index contributed by atoms with van der Waals surface area (Å²) in [7, 11) is 0. The van der Waals surface area contributed by atoms with E-state index in [4.69, 9.17) is 0 Å². The number of anilines is 1. The van der Waals surface area contributed by atoms with Gasteiger partial charge in [0.25, 0.3) is 5.91 Å². The van der Waals surface area contributed by atoms with E-state index in [1.54, 1.807) is 4.68 Å². The van der Waals surface area contributed by atoms with Gasteiger partial charge in [0.05, 0.1) is 12.1 Å². The standard InChI is InChI=1S/C13H19F2N5O2/c14-12(15)22-9-5-2-1-4-8(9)17-11(21)10-18-13-16-6-3-7-20(13)19-10/h8-9,12H,1-7H2,(H,17,21)(H,16,18,19)/t8-,9-/m1/s1. The van der Waals surface area contributed by atoms with Crippen molar-refractivity contribution >= 4 is 11.9 Å². The summed E-state index contributed by atoms with van der Waals surface area (Å²) in [6, 6.07) is -0.427. The summed E-state index contributed by atoms with van der Waals surface area (Å²) in [4.78, 5) is 16.4. The monoisotopic (exact) mass is 315 g/mol. The van der Waals surface area contributed by atoms with Gasteiger partial charge < -0.3 is 15.4 Å². The molecule has 1 aliphatic heterocycles. The first kappa shape index (κ1) is 15.1. The molecule has 3 rings (SSSR count). The summed E-state index contributed by atoms with van der Waals surface area (Å²) < 4.78 is 31.1. The van der Waals surface area contributed by atoms with Crippen molar-refractivity contribution in [3.63, 3.8) is 0 Å². The number of halogens is 2. The van der Waals surface area contributed by atoms with Gasteiger partial charge in [-0.15, -0.1) is 5.10 Å². The van der Waals surface area contributed by atoms with Gasteiger partial charge in [0.2, 0.25) is 11.8 Å². The lowest BCUT2D eigenvalue weighted by Gasteiger charge is -2.31. The fraction of sp³-hybridized carbons (Fsp3) is 0.769. The topological polar surface area (TPSA) is 81.1 Å². The van der Waals surface area contributed by atoms with Gasteiger partial charge in [0, 0.05) is 13.1 Å². The van der Waals surface area contributed by atoms with Crippen molar-refractivity contribution in [3.8, 4) is 0 Å². The van der Waals surface area contributed by atoms with Gasteiger partial charge >= 0.3 is 6.61 Å². The van der Waals surface area contributed by atoms with E-state index in [0.29, 0.717) is 25.3 Å². The minimum absolute atomic E-state index is 0.0609. The molecule has 0 spiro atoms. The lowest BCUT2D eigenvalue weighted by molar-refractivity contribution is -0.175. The van der Waals surface area contributed by atoms with E-state index >= 15 is 0 Å². The van der Waals surface area contributed by atoms with E-state index in [2.05, 4.69) is 25.5 Å². The number of carbonyl (C=O) groups is 1. The Balaban J connectivity index is 1.65. The van der Waals surface area contributed by atoms with Gasteiger partial charge in [-0.3, -0.25) is 4.79 Å². The summed E-state index contributed by atoms with van der Waals surface area (Å²) in [6.07, 6.45) is 3.10. The highest BCUT2D eigenvalue weighted by atomic mass is 19.3. The molecule has 1 aliphatic carbocycles. The zero-order valence-corrected chi connectivity index (χ0v) is 12.1. The second-order valence-corrected chi connectivity index (χ2v) is 5.56. The number of fused-ring (bicyclic) bond motifs is 1. The molecule has 1 amide bonds.